The Kier molecular flexibility index (Phi) is 11.9. The van der Waals surface area contributed by atoms with Crippen LogP contribution in [0.15, 0.2) is 77.7 Å². The minimum atomic E-state index is -4.13. The Balaban J connectivity index is 2.07. The smallest absolute Gasteiger partial charge is 0.264 e. The molecule has 0 saturated heterocycles. The number of benzene rings is 3. The summed E-state index contributed by atoms with van der Waals surface area (Å²) in [6, 6.07) is 19.2. The number of carbonyl (C=O) groups excluding carboxylic acids is 2. The van der Waals surface area contributed by atoms with Crippen LogP contribution in [0.3, 0.4) is 0 Å². The molecular weight excluding hydrogens is 593 g/mol. The van der Waals surface area contributed by atoms with Gasteiger partial charge >= 0.3 is 0 Å². The number of carbonyl (C=O) groups is 2. The number of hydrogen-bond donors (Lipinski definition) is 1. The predicted octanol–water partition coefficient (Wildman–Crippen LogP) is 6.89. The molecule has 0 aromatic heterocycles. The highest BCUT2D eigenvalue weighted by molar-refractivity contribution is 7.92. The van der Waals surface area contributed by atoms with Gasteiger partial charge in [0.2, 0.25) is 11.8 Å². The first kappa shape index (κ1) is 33.4. The molecule has 0 heterocycles. The summed E-state index contributed by atoms with van der Waals surface area (Å²) in [6.07, 6.45) is 0.315. The molecule has 2 amide bonds. The summed E-state index contributed by atoms with van der Waals surface area (Å²) in [5.74, 6) is -0.404. The second kappa shape index (κ2) is 14.9. The van der Waals surface area contributed by atoms with E-state index in [0.717, 1.165) is 9.87 Å². The topological polar surface area (TPSA) is 86.8 Å². The van der Waals surface area contributed by atoms with Crippen molar-refractivity contribution < 1.29 is 18.0 Å². The molecule has 3 aromatic carbocycles. The van der Waals surface area contributed by atoms with E-state index in [2.05, 4.69) is 5.32 Å². The van der Waals surface area contributed by atoms with Crippen LogP contribution in [-0.2, 0) is 26.2 Å². The Labute approximate surface area is 259 Å². The van der Waals surface area contributed by atoms with Crippen molar-refractivity contribution in [2.75, 3.05) is 17.4 Å². The number of sulfonamides is 1. The van der Waals surface area contributed by atoms with E-state index < -0.39 is 28.5 Å². The van der Waals surface area contributed by atoms with Gasteiger partial charge in [-0.15, -0.1) is 0 Å². The van der Waals surface area contributed by atoms with Crippen LogP contribution in [0.4, 0.5) is 5.69 Å². The molecule has 0 spiro atoms. The Bertz CT molecular complexity index is 1460. The van der Waals surface area contributed by atoms with E-state index >= 15 is 0 Å². The highest BCUT2D eigenvalue weighted by atomic mass is 35.5. The van der Waals surface area contributed by atoms with Crippen molar-refractivity contribution in [2.24, 2.45) is 5.92 Å². The normalized spacial score (nSPS) is 12.3. The molecule has 0 saturated carbocycles. The third-order valence-electron chi connectivity index (χ3n) is 6.88. The van der Waals surface area contributed by atoms with Crippen LogP contribution in [-0.4, -0.2) is 44.3 Å². The molecule has 7 nitrogen and oxygen atoms in total. The van der Waals surface area contributed by atoms with E-state index in [1.54, 1.807) is 48.5 Å². The summed E-state index contributed by atoms with van der Waals surface area (Å²) in [5, 5.41) is 3.70. The highest BCUT2D eigenvalue weighted by Gasteiger charge is 2.34. The maximum Gasteiger partial charge on any atom is 0.264 e. The van der Waals surface area contributed by atoms with Gasteiger partial charge in [0.15, 0.2) is 0 Å². The lowest BCUT2D eigenvalue weighted by atomic mass is 10.0. The van der Waals surface area contributed by atoms with Crippen molar-refractivity contribution in [3.8, 4) is 0 Å². The highest BCUT2D eigenvalue weighted by Crippen LogP contribution is 2.28. The van der Waals surface area contributed by atoms with E-state index in [1.807, 2.05) is 46.8 Å². The van der Waals surface area contributed by atoms with Crippen molar-refractivity contribution in [2.45, 2.75) is 64.4 Å². The molecule has 1 atom stereocenters. The van der Waals surface area contributed by atoms with Crippen molar-refractivity contribution in [1.29, 1.82) is 0 Å². The van der Waals surface area contributed by atoms with Crippen LogP contribution in [0.1, 0.15) is 58.1 Å². The zero-order chi connectivity index (χ0) is 31.0. The van der Waals surface area contributed by atoms with Gasteiger partial charge in [-0.05, 0) is 65.8 Å². The van der Waals surface area contributed by atoms with E-state index in [0.29, 0.717) is 34.3 Å². The molecule has 10 heteroatoms. The van der Waals surface area contributed by atoms with Crippen LogP contribution in [0.2, 0.25) is 10.0 Å². The lowest BCUT2D eigenvalue weighted by Gasteiger charge is -2.33. The molecule has 3 aromatic rings. The fraction of sp³-hybridized carbons (Fsp3) is 0.375. The molecule has 42 heavy (non-hydrogen) atoms. The Morgan fingerprint density at radius 1 is 0.905 bits per heavy atom. The molecule has 0 fully saturated rings. The van der Waals surface area contributed by atoms with Crippen molar-refractivity contribution in [1.82, 2.24) is 10.2 Å². The summed E-state index contributed by atoms with van der Waals surface area (Å²) in [7, 11) is -4.13. The molecule has 226 valence electrons. The average Bonchev–Trinajstić information content (AvgIpc) is 2.96. The standard InChI is InChI=1S/C32H39Cl2N3O4S/c1-6-30(32(39)35-19-22(2)3)36(20-25-12-15-26(33)18-29(25)34)31(38)21-37(27-16-13-24(14-17-27)23(4)5)42(40,41)28-10-8-7-9-11-28/h7-18,22-23,30H,6,19-21H2,1-5H3,(H,35,39)/t30-/m0/s1. The largest absolute Gasteiger partial charge is 0.354 e. The third-order valence-corrected chi connectivity index (χ3v) is 9.26. The van der Waals surface area contributed by atoms with Crippen LogP contribution < -0.4 is 9.62 Å². The fourth-order valence-electron chi connectivity index (χ4n) is 4.45. The lowest BCUT2D eigenvalue weighted by Crippen LogP contribution is -2.52. The van der Waals surface area contributed by atoms with E-state index in [1.165, 1.54) is 17.0 Å². The quantitative estimate of drug-likeness (QED) is 0.222. The summed E-state index contributed by atoms with van der Waals surface area (Å²) >= 11 is 12.6. The summed E-state index contributed by atoms with van der Waals surface area (Å²) in [6.45, 7) is 9.79. The van der Waals surface area contributed by atoms with Gasteiger partial charge in [0.1, 0.15) is 12.6 Å². The maximum atomic E-state index is 14.2. The average molecular weight is 633 g/mol. The first-order valence-electron chi connectivity index (χ1n) is 14.0. The van der Waals surface area contributed by atoms with Gasteiger partial charge < -0.3 is 10.2 Å². The van der Waals surface area contributed by atoms with Gasteiger partial charge in [0, 0.05) is 23.1 Å². The molecule has 0 unspecified atom stereocenters. The number of nitrogens with zero attached hydrogens (tertiary/aromatic N) is 2. The van der Waals surface area contributed by atoms with Gasteiger partial charge in [-0.1, -0.05) is 94.2 Å². The van der Waals surface area contributed by atoms with Crippen LogP contribution in [0, 0.1) is 5.92 Å². The minimum Gasteiger partial charge on any atom is -0.354 e. The monoisotopic (exact) mass is 631 g/mol. The van der Waals surface area contributed by atoms with Gasteiger partial charge in [0.25, 0.3) is 10.0 Å². The number of nitrogens with one attached hydrogen (secondary N) is 1. The van der Waals surface area contributed by atoms with Crippen molar-refractivity contribution in [3.05, 3.63) is 94.0 Å². The summed E-state index contributed by atoms with van der Waals surface area (Å²) in [4.78, 5) is 29.0. The Morgan fingerprint density at radius 3 is 2.10 bits per heavy atom. The van der Waals surface area contributed by atoms with E-state index in [4.69, 9.17) is 23.2 Å². The number of hydrogen-bond acceptors (Lipinski definition) is 4. The van der Waals surface area contributed by atoms with Crippen LogP contribution >= 0.6 is 23.2 Å². The summed E-state index contributed by atoms with van der Waals surface area (Å²) in [5.41, 5.74) is 1.97. The molecule has 0 aliphatic rings. The third kappa shape index (κ3) is 8.49. The van der Waals surface area contributed by atoms with E-state index in [9.17, 15) is 18.0 Å². The first-order valence-corrected chi connectivity index (χ1v) is 16.2. The zero-order valence-electron chi connectivity index (χ0n) is 24.7. The van der Waals surface area contributed by atoms with Crippen LogP contribution in [0.25, 0.3) is 0 Å². The second-order valence-electron chi connectivity index (χ2n) is 10.9. The number of amides is 2. The molecule has 0 aliphatic heterocycles. The lowest BCUT2D eigenvalue weighted by molar-refractivity contribution is -0.140. The van der Waals surface area contributed by atoms with Crippen LogP contribution in [0.5, 0.6) is 0 Å². The Morgan fingerprint density at radius 2 is 1.55 bits per heavy atom. The van der Waals surface area contributed by atoms with E-state index in [-0.39, 0.29) is 29.2 Å². The molecule has 0 radical (unpaired) electrons. The van der Waals surface area contributed by atoms with Crippen molar-refractivity contribution >= 4 is 50.7 Å². The van der Waals surface area contributed by atoms with Gasteiger partial charge in [0.05, 0.1) is 10.6 Å². The minimum absolute atomic E-state index is 0.00600. The fourth-order valence-corrected chi connectivity index (χ4v) is 6.35. The maximum absolute atomic E-state index is 14.2. The number of rotatable bonds is 13. The second-order valence-corrected chi connectivity index (χ2v) is 13.6. The SMILES string of the molecule is CC[C@@H](C(=O)NCC(C)C)N(Cc1ccc(Cl)cc1Cl)C(=O)CN(c1ccc(C(C)C)cc1)S(=O)(=O)c1ccccc1. The number of anilines is 1. The Hall–Kier alpha value is -3.07. The zero-order valence-corrected chi connectivity index (χ0v) is 27.0. The molecule has 0 aliphatic carbocycles. The number of halogens is 2. The molecule has 1 N–H and O–H groups in total. The molecular formula is C32H39Cl2N3O4S. The molecule has 0 bridgehead atoms. The van der Waals surface area contributed by atoms with Gasteiger partial charge in [-0.25, -0.2) is 8.42 Å². The summed E-state index contributed by atoms with van der Waals surface area (Å²) < 4.78 is 29.0. The van der Waals surface area contributed by atoms with Gasteiger partial charge in [-0.3, -0.25) is 13.9 Å². The first-order chi connectivity index (χ1) is 19.8. The van der Waals surface area contributed by atoms with Gasteiger partial charge in [-0.2, -0.15) is 0 Å². The van der Waals surface area contributed by atoms with Crippen molar-refractivity contribution in [3.63, 3.8) is 0 Å². The predicted molar refractivity (Wildman–Crippen MR) is 170 cm³/mol. The molecule has 3 rings (SSSR count).